The average molecular weight is 601 g/mol. The third-order valence-corrected chi connectivity index (χ3v) is 6.60. The third-order valence-electron chi connectivity index (χ3n) is 6.60. The molecule has 0 bridgehead atoms. The summed E-state index contributed by atoms with van der Waals surface area (Å²) in [4.78, 5) is 29.0. The summed E-state index contributed by atoms with van der Waals surface area (Å²) < 4.78 is 75.6. The van der Waals surface area contributed by atoms with Crippen molar-refractivity contribution >= 4 is 22.6 Å². The number of rotatable bonds is 9. The smallest absolute Gasteiger partial charge is 0.416 e. The third kappa shape index (κ3) is 5.73. The van der Waals surface area contributed by atoms with Crippen LogP contribution in [0.5, 0.6) is 17.2 Å². The number of amides is 1. The van der Waals surface area contributed by atoms with E-state index in [1.807, 2.05) is 0 Å². The van der Waals surface area contributed by atoms with Gasteiger partial charge in [0.2, 0.25) is 5.91 Å². The van der Waals surface area contributed by atoms with Crippen molar-refractivity contribution in [2.75, 3.05) is 19.5 Å². The number of H-pyrrole nitrogens is 1. The molecular formula is C28H24F4N6O5. The van der Waals surface area contributed by atoms with Gasteiger partial charge in [0.15, 0.2) is 23.1 Å². The normalized spacial score (nSPS) is 11.5. The molecule has 0 radical (unpaired) electrons. The number of methoxy groups -OCH3 is 2. The summed E-state index contributed by atoms with van der Waals surface area (Å²) in [6.45, 7) is -0.796. The summed E-state index contributed by atoms with van der Waals surface area (Å²) in [7, 11) is 4.00. The second-order valence-corrected chi connectivity index (χ2v) is 9.28. The van der Waals surface area contributed by atoms with Crippen LogP contribution in [0.25, 0.3) is 22.2 Å². The van der Waals surface area contributed by atoms with Gasteiger partial charge < -0.3 is 24.5 Å². The summed E-state index contributed by atoms with van der Waals surface area (Å²) in [5, 5.41) is 9.97. The predicted molar refractivity (Wildman–Crippen MR) is 146 cm³/mol. The largest absolute Gasteiger partial charge is 0.495 e. The maximum atomic E-state index is 15.4. The van der Waals surface area contributed by atoms with Crippen LogP contribution in [0.15, 0.2) is 59.7 Å². The van der Waals surface area contributed by atoms with Crippen molar-refractivity contribution < 1.29 is 36.6 Å². The molecule has 0 unspecified atom stereocenters. The number of hydrogen-bond donors (Lipinski definition) is 2. The number of nitrogens with zero attached hydrogens (tertiary/aromatic N) is 4. The van der Waals surface area contributed by atoms with Gasteiger partial charge in [0.25, 0.3) is 0 Å². The molecule has 5 rings (SSSR count). The van der Waals surface area contributed by atoms with E-state index in [1.165, 1.54) is 33.7 Å². The van der Waals surface area contributed by atoms with E-state index in [0.29, 0.717) is 17.3 Å². The Balaban J connectivity index is 1.61. The number of imidazole rings is 1. The molecule has 2 heterocycles. The van der Waals surface area contributed by atoms with E-state index in [4.69, 9.17) is 14.2 Å². The predicted octanol–water partition coefficient (Wildman–Crippen LogP) is 4.52. The number of carbonyl (C=O) groups excluding carboxylic acids is 1. The fraction of sp³-hybridized carbons (Fsp3) is 0.214. The zero-order chi connectivity index (χ0) is 30.9. The summed E-state index contributed by atoms with van der Waals surface area (Å²) in [6, 6.07) is 10.4. The number of alkyl halides is 3. The number of aromatic amines is 1. The van der Waals surface area contributed by atoms with E-state index in [9.17, 15) is 22.8 Å². The number of carbonyl (C=O) groups is 1. The molecule has 224 valence electrons. The van der Waals surface area contributed by atoms with Crippen LogP contribution >= 0.6 is 0 Å². The van der Waals surface area contributed by atoms with Crippen molar-refractivity contribution in [2.45, 2.75) is 19.3 Å². The second-order valence-electron chi connectivity index (χ2n) is 9.28. The zero-order valence-corrected chi connectivity index (χ0v) is 23.0. The molecule has 1 amide bonds. The van der Waals surface area contributed by atoms with E-state index in [1.54, 1.807) is 24.3 Å². The van der Waals surface area contributed by atoms with Gasteiger partial charge in [-0.2, -0.15) is 13.2 Å². The van der Waals surface area contributed by atoms with E-state index < -0.39 is 35.7 Å². The SMILES string of the molecule is COc1ccccc1NC(=O)Cn1c(=O)n(C)c2c(-c3cc(F)c(OCc4nnc[nH]4)c(OC)c3)cc(C(F)(F)F)cc21. The number of anilines is 1. The van der Waals surface area contributed by atoms with Crippen molar-refractivity contribution in [1.29, 1.82) is 0 Å². The van der Waals surface area contributed by atoms with Gasteiger partial charge in [0.05, 0.1) is 36.5 Å². The number of nitrogens with one attached hydrogen (secondary N) is 2. The molecule has 3 aromatic carbocycles. The van der Waals surface area contributed by atoms with Crippen molar-refractivity contribution in [3.63, 3.8) is 0 Å². The lowest BCUT2D eigenvalue weighted by molar-refractivity contribution is -0.137. The average Bonchev–Trinajstić information content (AvgIpc) is 3.58. The standard InChI is InChI=1S/C28H24F4N6O5/c1-37-25-17(15-8-18(29)26(22(9-15)42-3)43-13-23-33-14-34-36-23)10-16(28(30,31)32)11-20(25)38(27(37)40)12-24(39)35-19-6-4-5-7-21(19)41-2/h4-11,14H,12-13H2,1-3H3,(H,35,39)(H,33,34,36). The first-order valence-corrected chi connectivity index (χ1v) is 12.6. The molecule has 2 N–H and O–H groups in total. The number of aromatic nitrogens is 5. The molecule has 5 aromatic rings. The second kappa shape index (κ2) is 11.5. The van der Waals surface area contributed by atoms with E-state index in [2.05, 4.69) is 20.5 Å². The van der Waals surface area contributed by atoms with Crippen LogP contribution in [0, 0.1) is 5.82 Å². The van der Waals surface area contributed by atoms with Crippen LogP contribution in [0.4, 0.5) is 23.2 Å². The lowest BCUT2D eigenvalue weighted by Gasteiger charge is -2.16. The summed E-state index contributed by atoms with van der Waals surface area (Å²) in [5.74, 6) is -1.37. The quantitative estimate of drug-likeness (QED) is 0.239. The van der Waals surface area contributed by atoms with Gasteiger partial charge in [-0.1, -0.05) is 12.1 Å². The minimum absolute atomic E-state index is 0.0244. The Bertz CT molecular complexity index is 1860. The summed E-state index contributed by atoms with van der Waals surface area (Å²) >= 11 is 0. The molecule has 0 saturated carbocycles. The number of para-hydroxylation sites is 2. The van der Waals surface area contributed by atoms with Crippen molar-refractivity contribution in [2.24, 2.45) is 7.05 Å². The molecular weight excluding hydrogens is 576 g/mol. The molecule has 0 fully saturated rings. The molecule has 43 heavy (non-hydrogen) atoms. The number of fused-ring (bicyclic) bond motifs is 1. The van der Waals surface area contributed by atoms with Gasteiger partial charge in [-0.15, -0.1) is 10.2 Å². The van der Waals surface area contributed by atoms with Gasteiger partial charge >= 0.3 is 11.9 Å². The molecule has 15 heteroatoms. The van der Waals surface area contributed by atoms with Crippen LogP contribution in [0.1, 0.15) is 11.4 Å². The van der Waals surface area contributed by atoms with E-state index in [-0.39, 0.29) is 40.3 Å². The van der Waals surface area contributed by atoms with Gasteiger partial charge in [0.1, 0.15) is 25.2 Å². The Morgan fingerprint density at radius 2 is 1.81 bits per heavy atom. The molecule has 0 aliphatic carbocycles. The highest BCUT2D eigenvalue weighted by atomic mass is 19.4. The van der Waals surface area contributed by atoms with E-state index in [0.717, 1.165) is 27.3 Å². The molecule has 0 aliphatic rings. The number of benzene rings is 3. The first-order chi connectivity index (χ1) is 20.5. The van der Waals surface area contributed by atoms with Gasteiger partial charge in [-0.25, -0.2) is 9.18 Å². The monoisotopic (exact) mass is 600 g/mol. The topological polar surface area (TPSA) is 125 Å². The van der Waals surface area contributed by atoms with Gasteiger partial charge in [-0.3, -0.25) is 13.9 Å². The Morgan fingerprint density at radius 3 is 2.49 bits per heavy atom. The highest BCUT2D eigenvalue weighted by molar-refractivity contribution is 5.96. The van der Waals surface area contributed by atoms with Crippen molar-refractivity contribution in [3.8, 4) is 28.4 Å². The maximum absolute atomic E-state index is 15.4. The van der Waals surface area contributed by atoms with Crippen molar-refractivity contribution in [1.82, 2.24) is 24.3 Å². The summed E-state index contributed by atoms with van der Waals surface area (Å²) in [5.41, 5.74) is -1.84. The van der Waals surface area contributed by atoms with E-state index >= 15 is 4.39 Å². The Labute approximate surface area is 240 Å². The first-order valence-electron chi connectivity index (χ1n) is 12.6. The van der Waals surface area contributed by atoms with Crippen molar-refractivity contribution in [3.05, 3.63) is 82.5 Å². The minimum Gasteiger partial charge on any atom is -0.495 e. The van der Waals surface area contributed by atoms with Crippen LogP contribution in [0.3, 0.4) is 0 Å². The molecule has 11 nitrogen and oxygen atoms in total. The minimum atomic E-state index is -4.83. The number of aryl methyl sites for hydroxylation is 1. The lowest BCUT2D eigenvalue weighted by Crippen LogP contribution is -2.28. The lowest BCUT2D eigenvalue weighted by atomic mass is 9.99. The van der Waals surface area contributed by atoms with Gasteiger partial charge in [-0.05, 0) is 42.0 Å². The number of hydrogen-bond acceptors (Lipinski definition) is 7. The summed E-state index contributed by atoms with van der Waals surface area (Å²) in [6.07, 6.45) is -3.52. The zero-order valence-electron chi connectivity index (χ0n) is 23.0. The Morgan fingerprint density at radius 1 is 1.07 bits per heavy atom. The number of halogens is 4. The fourth-order valence-electron chi connectivity index (χ4n) is 4.63. The first kappa shape index (κ1) is 29.2. The Hall–Kier alpha value is -5.34. The molecule has 0 aliphatic heterocycles. The van der Waals surface area contributed by atoms with Crippen LogP contribution in [-0.2, 0) is 31.2 Å². The molecule has 0 spiro atoms. The highest BCUT2D eigenvalue weighted by Crippen LogP contribution is 2.41. The molecule has 0 saturated heterocycles. The molecule has 0 atom stereocenters. The van der Waals surface area contributed by atoms with Crippen LogP contribution < -0.4 is 25.2 Å². The van der Waals surface area contributed by atoms with Gasteiger partial charge in [0, 0.05) is 12.6 Å². The Kier molecular flexibility index (Phi) is 7.80. The molecule has 2 aromatic heterocycles. The number of ether oxygens (including phenoxy) is 3. The maximum Gasteiger partial charge on any atom is 0.416 e. The highest BCUT2D eigenvalue weighted by Gasteiger charge is 2.33. The van der Waals surface area contributed by atoms with Crippen LogP contribution in [0.2, 0.25) is 0 Å². The van der Waals surface area contributed by atoms with Crippen LogP contribution in [-0.4, -0.2) is 44.4 Å². The fourth-order valence-corrected chi connectivity index (χ4v) is 4.63.